The molecule has 0 amide bonds. The number of hydrogen-bond acceptors (Lipinski definition) is 4. The van der Waals surface area contributed by atoms with Gasteiger partial charge in [0.25, 0.3) is 5.69 Å². The number of benzene rings is 1. The van der Waals surface area contributed by atoms with Crippen LogP contribution in [0.2, 0.25) is 0 Å². The summed E-state index contributed by atoms with van der Waals surface area (Å²) in [7, 11) is -3.27. The first kappa shape index (κ1) is 10.9. The maximum Gasteiger partial charge on any atom is 0.271 e. The first-order valence-corrected chi connectivity index (χ1v) is 6.36. The summed E-state index contributed by atoms with van der Waals surface area (Å²) in [6.45, 7) is 0.392. The predicted molar refractivity (Wildman–Crippen MR) is 58.8 cm³/mol. The molecule has 0 spiro atoms. The Labute approximate surface area is 92.7 Å². The lowest BCUT2D eigenvalue weighted by Crippen LogP contribution is -2.24. The van der Waals surface area contributed by atoms with E-state index < -0.39 is 14.9 Å². The molecular weight excluding hydrogens is 232 g/mol. The molecule has 1 aromatic carbocycles. The summed E-state index contributed by atoms with van der Waals surface area (Å²) < 4.78 is 24.4. The van der Waals surface area contributed by atoms with E-state index >= 15 is 0 Å². The summed E-state index contributed by atoms with van der Waals surface area (Å²) in [6.07, 6.45) is 0.561. The van der Waals surface area contributed by atoms with Crippen LogP contribution in [0, 0.1) is 10.1 Å². The van der Waals surface area contributed by atoms with Gasteiger partial charge >= 0.3 is 0 Å². The van der Waals surface area contributed by atoms with E-state index in [2.05, 4.69) is 0 Å². The Morgan fingerprint density at radius 3 is 2.69 bits per heavy atom. The molecule has 86 valence electrons. The molecule has 0 aliphatic carbocycles. The third kappa shape index (κ3) is 1.85. The summed E-state index contributed by atoms with van der Waals surface area (Å²) in [6, 6.07) is 5.67. The standard InChI is InChI=1S/C9H10N2O4S/c12-11(13)9-4-1-3-8(7-9)10-5-2-6-16(10,14)15/h1,3-4,7H,2,5-6H2. The van der Waals surface area contributed by atoms with Gasteiger partial charge < -0.3 is 0 Å². The smallest absolute Gasteiger partial charge is 0.270 e. The molecule has 1 heterocycles. The second-order valence-electron chi connectivity index (χ2n) is 3.52. The molecular formula is C9H10N2O4S. The third-order valence-corrected chi connectivity index (χ3v) is 4.30. The van der Waals surface area contributed by atoms with Crippen molar-refractivity contribution in [2.75, 3.05) is 16.6 Å². The minimum Gasteiger partial charge on any atom is -0.270 e. The quantitative estimate of drug-likeness (QED) is 0.575. The fraction of sp³-hybridized carbons (Fsp3) is 0.333. The Morgan fingerprint density at radius 1 is 1.38 bits per heavy atom. The van der Waals surface area contributed by atoms with Crippen molar-refractivity contribution in [1.29, 1.82) is 0 Å². The Kier molecular flexibility index (Phi) is 2.55. The van der Waals surface area contributed by atoms with Gasteiger partial charge in [0.15, 0.2) is 0 Å². The van der Waals surface area contributed by atoms with Gasteiger partial charge in [-0.2, -0.15) is 0 Å². The molecule has 0 atom stereocenters. The van der Waals surface area contributed by atoms with Gasteiger partial charge in [0.05, 0.1) is 16.4 Å². The van der Waals surface area contributed by atoms with Crippen molar-refractivity contribution in [3.63, 3.8) is 0 Å². The molecule has 1 saturated heterocycles. The molecule has 1 aromatic rings. The predicted octanol–water partition coefficient (Wildman–Crippen LogP) is 1.13. The Bertz CT molecular complexity index is 526. The second kappa shape index (κ2) is 3.75. The van der Waals surface area contributed by atoms with Crippen LogP contribution < -0.4 is 4.31 Å². The summed E-state index contributed by atoms with van der Waals surface area (Å²) in [5, 5.41) is 10.6. The number of hydrogen-bond donors (Lipinski definition) is 0. The van der Waals surface area contributed by atoms with E-state index in [0.717, 1.165) is 0 Å². The average Bonchev–Trinajstić information content (AvgIpc) is 2.58. The maximum absolute atomic E-state index is 11.6. The summed E-state index contributed by atoms with van der Waals surface area (Å²) in [4.78, 5) is 10.0. The summed E-state index contributed by atoms with van der Waals surface area (Å²) >= 11 is 0. The molecule has 1 fully saturated rings. The van der Waals surface area contributed by atoms with Crippen molar-refractivity contribution in [2.45, 2.75) is 6.42 Å². The minimum atomic E-state index is -3.27. The number of nitro benzene ring substituents is 1. The molecule has 0 N–H and O–H groups in total. The fourth-order valence-corrected chi connectivity index (χ4v) is 3.25. The van der Waals surface area contributed by atoms with Crippen LogP contribution in [-0.4, -0.2) is 25.6 Å². The lowest BCUT2D eigenvalue weighted by atomic mass is 10.3. The number of rotatable bonds is 2. The van der Waals surface area contributed by atoms with Gasteiger partial charge in [-0.1, -0.05) is 6.07 Å². The van der Waals surface area contributed by atoms with E-state index in [1.54, 1.807) is 6.07 Å². The van der Waals surface area contributed by atoms with E-state index in [-0.39, 0.29) is 11.4 Å². The molecule has 0 saturated carbocycles. The van der Waals surface area contributed by atoms with Crippen LogP contribution in [0.15, 0.2) is 24.3 Å². The first-order valence-electron chi connectivity index (χ1n) is 4.75. The van der Waals surface area contributed by atoms with E-state index in [1.807, 2.05) is 0 Å². The first-order chi connectivity index (χ1) is 7.50. The van der Waals surface area contributed by atoms with Crippen molar-refractivity contribution >= 4 is 21.4 Å². The van der Waals surface area contributed by atoms with Gasteiger partial charge in [-0.15, -0.1) is 0 Å². The van der Waals surface area contributed by atoms with Gasteiger partial charge in [-0.25, -0.2) is 8.42 Å². The van der Waals surface area contributed by atoms with Crippen LogP contribution in [-0.2, 0) is 10.0 Å². The van der Waals surface area contributed by atoms with Gasteiger partial charge in [0.2, 0.25) is 10.0 Å². The van der Waals surface area contributed by atoms with Crippen LogP contribution >= 0.6 is 0 Å². The zero-order valence-corrected chi connectivity index (χ0v) is 9.18. The molecule has 1 aliphatic rings. The zero-order chi connectivity index (χ0) is 11.8. The monoisotopic (exact) mass is 242 g/mol. The van der Waals surface area contributed by atoms with Crippen LogP contribution in [0.5, 0.6) is 0 Å². The number of non-ortho nitro benzene ring substituents is 1. The third-order valence-electron chi connectivity index (χ3n) is 2.43. The zero-order valence-electron chi connectivity index (χ0n) is 8.37. The van der Waals surface area contributed by atoms with Crippen molar-refractivity contribution in [1.82, 2.24) is 0 Å². The van der Waals surface area contributed by atoms with E-state index in [4.69, 9.17) is 0 Å². The topological polar surface area (TPSA) is 80.5 Å². The Hall–Kier alpha value is -1.63. The minimum absolute atomic E-state index is 0.0976. The highest BCUT2D eigenvalue weighted by molar-refractivity contribution is 7.93. The normalized spacial score (nSPS) is 18.6. The highest BCUT2D eigenvalue weighted by Crippen LogP contribution is 2.26. The van der Waals surface area contributed by atoms with E-state index in [0.29, 0.717) is 18.7 Å². The Morgan fingerprint density at radius 2 is 2.12 bits per heavy atom. The lowest BCUT2D eigenvalue weighted by molar-refractivity contribution is -0.384. The number of nitrogens with zero attached hydrogens (tertiary/aromatic N) is 2. The molecule has 0 radical (unpaired) electrons. The molecule has 0 aromatic heterocycles. The fourth-order valence-electron chi connectivity index (χ4n) is 1.69. The lowest BCUT2D eigenvalue weighted by Gasteiger charge is -2.16. The molecule has 16 heavy (non-hydrogen) atoms. The van der Waals surface area contributed by atoms with Crippen molar-refractivity contribution in [3.05, 3.63) is 34.4 Å². The van der Waals surface area contributed by atoms with Crippen molar-refractivity contribution < 1.29 is 13.3 Å². The van der Waals surface area contributed by atoms with Crippen LogP contribution in [0.1, 0.15) is 6.42 Å². The van der Waals surface area contributed by atoms with Crippen molar-refractivity contribution in [2.24, 2.45) is 0 Å². The maximum atomic E-state index is 11.6. The van der Waals surface area contributed by atoms with E-state index in [1.165, 1.54) is 22.5 Å². The molecule has 6 nitrogen and oxygen atoms in total. The molecule has 2 rings (SSSR count). The van der Waals surface area contributed by atoms with Gasteiger partial charge in [-0.05, 0) is 12.5 Å². The van der Waals surface area contributed by atoms with Crippen LogP contribution in [0.3, 0.4) is 0 Å². The summed E-state index contributed by atoms with van der Waals surface area (Å²) in [5.41, 5.74) is 0.270. The number of anilines is 1. The molecule has 0 unspecified atom stereocenters. The number of nitro groups is 1. The van der Waals surface area contributed by atoms with Gasteiger partial charge in [-0.3, -0.25) is 14.4 Å². The van der Waals surface area contributed by atoms with Crippen LogP contribution in [0.25, 0.3) is 0 Å². The second-order valence-corrected chi connectivity index (χ2v) is 5.53. The van der Waals surface area contributed by atoms with Crippen molar-refractivity contribution in [3.8, 4) is 0 Å². The van der Waals surface area contributed by atoms with E-state index in [9.17, 15) is 18.5 Å². The molecule has 0 bridgehead atoms. The molecule has 1 aliphatic heterocycles. The highest BCUT2D eigenvalue weighted by atomic mass is 32.2. The number of sulfonamides is 1. The largest absolute Gasteiger partial charge is 0.271 e. The average molecular weight is 242 g/mol. The SMILES string of the molecule is O=[N+]([O-])c1cccc(N2CCCS2(=O)=O)c1. The molecule has 7 heteroatoms. The summed E-state index contributed by atoms with van der Waals surface area (Å²) in [5.74, 6) is 0.107. The Balaban J connectivity index is 2.41. The highest BCUT2D eigenvalue weighted by Gasteiger charge is 2.29. The van der Waals surface area contributed by atoms with Crippen LogP contribution in [0.4, 0.5) is 11.4 Å². The van der Waals surface area contributed by atoms with Gasteiger partial charge in [0.1, 0.15) is 0 Å². The van der Waals surface area contributed by atoms with Gasteiger partial charge in [0, 0.05) is 18.7 Å².